The second-order valence-corrected chi connectivity index (χ2v) is 8.33. The largest absolute Gasteiger partial charge is 0.354 e. The van der Waals surface area contributed by atoms with Crippen LogP contribution < -0.4 is 10.6 Å². The molecule has 2 N–H and O–H groups in total. The van der Waals surface area contributed by atoms with Gasteiger partial charge in [-0.1, -0.05) is 12.1 Å². The lowest BCUT2D eigenvalue weighted by atomic mass is 9.97. The van der Waals surface area contributed by atoms with Crippen LogP contribution in [0.25, 0.3) is 22.0 Å². The van der Waals surface area contributed by atoms with Crippen LogP contribution in [0.4, 0.5) is 5.95 Å². The SMILES string of the molecule is Cc1ccc(C(=O)NC2CC2)cc1-c1ccc2nc(NCCCN(C)C)ncc2c1. The van der Waals surface area contributed by atoms with Gasteiger partial charge in [0.05, 0.1) is 5.52 Å². The molecule has 4 rings (SSSR count). The molecule has 2 aromatic carbocycles. The van der Waals surface area contributed by atoms with Crippen LogP contribution in [-0.2, 0) is 0 Å². The summed E-state index contributed by atoms with van der Waals surface area (Å²) in [4.78, 5) is 23.7. The first-order chi connectivity index (χ1) is 14.5. The molecule has 0 spiro atoms. The fourth-order valence-electron chi connectivity index (χ4n) is 3.45. The van der Waals surface area contributed by atoms with Crippen molar-refractivity contribution in [3.05, 3.63) is 53.7 Å². The average Bonchev–Trinajstić information content (AvgIpc) is 3.55. The molecule has 6 heteroatoms. The molecule has 0 radical (unpaired) electrons. The van der Waals surface area contributed by atoms with Crippen molar-refractivity contribution >= 4 is 22.8 Å². The molecule has 3 aromatic rings. The average molecular weight is 404 g/mol. The molecule has 1 fully saturated rings. The molecule has 6 nitrogen and oxygen atoms in total. The minimum atomic E-state index is 0.00727. The third-order valence-corrected chi connectivity index (χ3v) is 5.37. The van der Waals surface area contributed by atoms with Crippen molar-refractivity contribution in [1.82, 2.24) is 20.2 Å². The first-order valence-corrected chi connectivity index (χ1v) is 10.6. The van der Waals surface area contributed by atoms with Crippen molar-refractivity contribution in [1.29, 1.82) is 0 Å². The zero-order valence-corrected chi connectivity index (χ0v) is 17.9. The van der Waals surface area contributed by atoms with Gasteiger partial charge in [0.2, 0.25) is 5.95 Å². The van der Waals surface area contributed by atoms with Gasteiger partial charge in [-0.2, -0.15) is 0 Å². The number of carbonyl (C=O) groups excluding carboxylic acids is 1. The van der Waals surface area contributed by atoms with E-state index < -0.39 is 0 Å². The van der Waals surface area contributed by atoms with E-state index in [1.54, 1.807) is 0 Å². The van der Waals surface area contributed by atoms with Crippen LogP contribution in [0.3, 0.4) is 0 Å². The minimum Gasteiger partial charge on any atom is -0.354 e. The summed E-state index contributed by atoms with van der Waals surface area (Å²) in [5.41, 5.74) is 4.88. The number of aryl methyl sites for hydroxylation is 1. The monoisotopic (exact) mass is 403 g/mol. The second-order valence-electron chi connectivity index (χ2n) is 8.33. The fourth-order valence-corrected chi connectivity index (χ4v) is 3.45. The van der Waals surface area contributed by atoms with E-state index in [9.17, 15) is 4.79 Å². The van der Waals surface area contributed by atoms with E-state index >= 15 is 0 Å². The molecule has 1 aliphatic carbocycles. The lowest BCUT2D eigenvalue weighted by Gasteiger charge is -2.11. The van der Waals surface area contributed by atoms with Gasteiger partial charge in [-0.3, -0.25) is 4.79 Å². The van der Waals surface area contributed by atoms with E-state index in [1.807, 2.05) is 30.5 Å². The molecule has 30 heavy (non-hydrogen) atoms. The third-order valence-electron chi connectivity index (χ3n) is 5.37. The summed E-state index contributed by atoms with van der Waals surface area (Å²) in [5.74, 6) is 0.664. The lowest BCUT2D eigenvalue weighted by molar-refractivity contribution is 0.0951. The van der Waals surface area contributed by atoms with Gasteiger partial charge in [0, 0.05) is 29.7 Å². The van der Waals surface area contributed by atoms with Gasteiger partial charge in [0.1, 0.15) is 0 Å². The summed E-state index contributed by atoms with van der Waals surface area (Å²) < 4.78 is 0. The highest BCUT2D eigenvalue weighted by molar-refractivity contribution is 5.96. The number of carbonyl (C=O) groups is 1. The highest BCUT2D eigenvalue weighted by Crippen LogP contribution is 2.28. The Morgan fingerprint density at radius 1 is 1.17 bits per heavy atom. The van der Waals surface area contributed by atoms with Crippen molar-refractivity contribution < 1.29 is 4.79 Å². The van der Waals surface area contributed by atoms with Crippen LogP contribution in [0.15, 0.2) is 42.6 Å². The normalized spacial score (nSPS) is 13.6. The quantitative estimate of drug-likeness (QED) is 0.559. The van der Waals surface area contributed by atoms with Crippen molar-refractivity contribution in [3.63, 3.8) is 0 Å². The Morgan fingerprint density at radius 2 is 2.00 bits per heavy atom. The molecule has 1 saturated carbocycles. The Kier molecular flexibility index (Phi) is 5.95. The number of amides is 1. The van der Waals surface area contributed by atoms with Gasteiger partial charge in [0.15, 0.2) is 0 Å². The Labute approximate surface area is 177 Å². The summed E-state index contributed by atoms with van der Waals surface area (Å²) in [6.45, 7) is 3.94. The Morgan fingerprint density at radius 3 is 2.77 bits per heavy atom. The maximum atomic E-state index is 12.4. The molecule has 0 atom stereocenters. The summed E-state index contributed by atoms with van der Waals surface area (Å²) in [6, 6.07) is 12.4. The number of benzene rings is 2. The van der Waals surface area contributed by atoms with Gasteiger partial charge in [-0.15, -0.1) is 0 Å². The standard InChI is InChI=1S/C24H29N5O/c1-16-5-6-18(23(30)27-20-8-9-20)14-21(16)17-7-10-22-19(13-17)15-26-24(28-22)25-11-4-12-29(2)3/h5-7,10,13-15,20H,4,8-9,11-12H2,1-3H3,(H,27,30)(H,25,26,28). The van der Waals surface area contributed by atoms with Gasteiger partial charge in [0.25, 0.3) is 5.91 Å². The lowest BCUT2D eigenvalue weighted by Crippen LogP contribution is -2.25. The molecule has 0 unspecified atom stereocenters. The smallest absolute Gasteiger partial charge is 0.251 e. The van der Waals surface area contributed by atoms with Crippen molar-refractivity contribution in [2.24, 2.45) is 0 Å². The molecule has 1 aromatic heterocycles. The maximum absolute atomic E-state index is 12.4. The van der Waals surface area contributed by atoms with E-state index in [2.05, 4.69) is 58.7 Å². The third kappa shape index (κ3) is 4.94. The van der Waals surface area contributed by atoms with Crippen molar-refractivity contribution in [3.8, 4) is 11.1 Å². The molecule has 0 aliphatic heterocycles. The maximum Gasteiger partial charge on any atom is 0.251 e. The van der Waals surface area contributed by atoms with E-state index in [-0.39, 0.29) is 5.91 Å². The van der Waals surface area contributed by atoms with Gasteiger partial charge >= 0.3 is 0 Å². The molecular formula is C24H29N5O. The molecule has 156 valence electrons. The zero-order valence-electron chi connectivity index (χ0n) is 17.9. The predicted molar refractivity (Wildman–Crippen MR) is 122 cm³/mol. The number of hydrogen-bond donors (Lipinski definition) is 2. The van der Waals surface area contributed by atoms with Crippen LogP contribution in [-0.4, -0.2) is 54.0 Å². The summed E-state index contributed by atoms with van der Waals surface area (Å²) >= 11 is 0. The molecular weight excluding hydrogens is 374 g/mol. The molecule has 0 saturated heterocycles. The van der Waals surface area contributed by atoms with E-state index in [0.717, 1.165) is 59.9 Å². The predicted octanol–water partition coefficient (Wildman–Crippen LogP) is 3.86. The fraction of sp³-hybridized carbons (Fsp3) is 0.375. The topological polar surface area (TPSA) is 70.2 Å². The first kappa shape index (κ1) is 20.3. The van der Waals surface area contributed by atoms with Crippen molar-refractivity contribution in [2.75, 3.05) is 32.5 Å². The van der Waals surface area contributed by atoms with Gasteiger partial charge < -0.3 is 15.5 Å². The molecule has 0 bridgehead atoms. The number of aromatic nitrogens is 2. The summed E-state index contributed by atoms with van der Waals surface area (Å²) in [7, 11) is 4.14. The zero-order chi connectivity index (χ0) is 21.1. The Hall–Kier alpha value is -2.99. The first-order valence-electron chi connectivity index (χ1n) is 10.6. The van der Waals surface area contributed by atoms with E-state index in [4.69, 9.17) is 0 Å². The minimum absolute atomic E-state index is 0.00727. The number of nitrogens with zero attached hydrogens (tertiary/aromatic N) is 3. The molecule has 1 aliphatic rings. The van der Waals surface area contributed by atoms with E-state index in [0.29, 0.717) is 17.6 Å². The van der Waals surface area contributed by atoms with Crippen LogP contribution >= 0.6 is 0 Å². The molecule has 1 amide bonds. The van der Waals surface area contributed by atoms with Crippen LogP contribution in [0.5, 0.6) is 0 Å². The molecule has 1 heterocycles. The summed E-state index contributed by atoms with van der Waals surface area (Å²) in [5, 5.41) is 7.34. The van der Waals surface area contributed by atoms with Crippen LogP contribution in [0.2, 0.25) is 0 Å². The second kappa shape index (κ2) is 8.79. The van der Waals surface area contributed by atoms with Gasteiger partial charge in [-0.25, -0.2) is 9.97 Å². The number of fused-ring (bicyclic) bond motifs is 1. The highest BCUT2D eigenvalue weighted by Gasteiger charge is 2.24. The van der Waals surface area contributed by atoms with E-state index in [1.165, 1.54) is 0 Å². The Bertz CT molecular complexity index is 1060. The number of nitrogens with one attached hydrogen (secondary N) is 2. The van der Waals surface area contributed by atoms with Gasteiger partial charge in [-0.05, 0) is 87.8 Å². The number of anilines is 1. The summed E-state index contributed by atoms with van der Waals surface area (Å²) in [6.07, 6.45) is 5.07. The van der Waals surface area contributed by atoms with Crippen molar-refractivity contribution in [2.45, 2.75) is 32.2 Å². The number of hydrogen-bond acceptors (Lipinski definition) is 5. The number of rotatable bonds is 8. The Balaban J connectivity index is 1.53. The van der Waals surface area contributed by atoms with Crippen LogP contribution in [0, 0.1) is 6.92 Å². The van der Waals surface area contributed by atoms with Crippen LogP contribution in [0.1, 0.15) is 35.2 Å². The highest BCUT2D eigenvalue weighted by atomic mass is 16.1.